The van der Waals surface area contributed by atoms with Crippen molar-refractivity contribution in [2.75, 3.05) is 9.80 Å². The normalized spacial score (nSPS) is 12.7. The number of hydrogen-bond donors (Lipinski definition) is 0. The number of rotatable bonds is 7. The lowest BCUT2D eigenvalue weighted by atomic mass is 9.78. The molecule has 0 atom stereocenters. The summed E-state index contributed by atoms with van der Waals surface area (Å²) in [6.45, 7) is 4.83. The molecule has 298 valence electrons. The van der Waals surface area contributed by atoms with Crippen LogP contribution in [0.1, 0.15) is 25.0 Å². The second-order valence-corrected chi connectivity index (χ2v) is 17.3. The Morgan fingerprint density at radius 3 is 1.56 bits per heavy atom. The summed E-state index contributed by atoms with van der Waals surface area (Å²) < 4.78 is 0. The van der Waals surface area contributed by atoms with Gasteiger partial charge in [0.1, 0.15) is 0 Å². The smallest absolute Gasteiger partial charge is 0.0540 e. The highest BCUT2D eigenvalue weighted by Gasteiger charge is 2.39. The van der Waals surface area contributed by atoms with Gasteiger partial charge in [0.25, 0.3) is 0 Å². The lowest BCUT2D eigenvalue weighted by molar-refractivity contribution is 0.666. The van der Waals surface area contributed by atoms with Gasteiger partial charge in [0.2, 0.25) is 0 Å². The van der Waals surface area contributed by atoms with Crippen LogP contribution in [0.25, 0.3) is 65.3 Å². The molecule has 2 heteroatoms. The van der Waals surface area contributed by atoms with Gasteiger partial charge in [0.05, 0.1) is 5.69 Å². The molecule has 2 nitrogen and oxygen atoms in total. The van der Waals surface area contributed by atoms with E-state index in [4.69, 9.17) is 0 Å². The molecule has 0 heterocycles. The first-order valence-electron chi connectivity index (χ1n) is 21.9. The van der Waals surface area contributed by atoms with E-state index >= 15 is 0 Å². The van der Waals surface area contributed by atoms with E-state index in [0.29, 0.717) is 0 Å². The summed E-state index contributed by atoms with van der Waals surface area (Å²) in [5.41, 5.74) is 14.5. The predicted molar refractivity (Wildman–Crippen MR) is 269 cm³/mol. The number of anilines is 6. The highest BCUT2D eigenvalue weighted by Crippen LogP contribution is 2.56. The predicted octanol–water partition coefficient (Wildman–Crippen LogP) is 17.2. The molecule has 0 aliphatic heterocycles. The Labute approximate surface area is 368 Å². The SMILES string of the molecule is CC1(C)c2cc(N(c3ccccc3)c3ccccc3)ccc2-c2c1c1ccc(-c3ccc(N(c4ccccc4)c4ccc5ccccc5c4)c4ccccc34)cc1c1ccccc21. The Balaban J connectivity index is 1.02. The van der Waals surface area contributed by atoms with Crippen molar-refractivity contribution >= 4 is 77.2 Å². The molecule has 11 aromatic carbocycles. The Kier molecular flexibility index (Phi) is 8.55. The van der Waals surface area contributed by atoms with Crippen molar-refractivity contribution in [2.45, 2.75) is 19.3 Å². The van der Waals surface area contributed by atoms with Crippen LogP contribution in [0.3, 0.4) is 0 Å². The summed E-state index contributed by atoms with van der Waals surface area (Å²) in [5.74, 6) is 0. The van der Waals surface area contributed by atoms with Gasteiger partial charge >= 0.3 is 0 Å². The number of benzene rings is 11. The molecule has 0 radical (unpaired) electrons. The van der Waals surface area contributed by atoms with Crippen molar-refractivity contribution < 1.29 is 0 Å². The first-order valence-corrected chi connectivity index (χ1v) is 21.9. The lowest BCUT2D eigenvalue weighted by Crippen LogP contribution is -2.17. The maximum atomic E-state index is 2.45. The first kappa shape index (κ1) is 36.9. The average Bonchev–Trinajstić information content (AvgIpc) is 3.58. The van der Waals surface area contributed by atoms with Crippen LogP contribution in [-0.2, 0) is 5.41 Å². The number of para-hydroxylation sites is 3. The quantitative estimate of drug-likeness (QED) is 0.148. The minimum atomic E-state index is -0.248. The van der Waals surface area contributed by atoms with Crippen molar-refractivity contribution in [3.63, 3.8) is 0 Å². The van der Waals surface area contributed by atoms with E-state index in [9.17, 15) is 0 Å². The molecule has 0 bridgehead atoms. The van der Waals surface area contributed by atoms with Gasteiger partial charge in [0, 0.05) is 39.2 Å². The third-order valence-corrected chi connectivity index (χ3v) is 13.3. The third-order valence-electron chi connectivity index (χ3n) is 13.3. The Hall–Kier alpha value is -7.94. The zero-order valence-electron chi connectivity index (χ0n) is 35.3. The molecule has 0 saturated heterocycles. The second-order valence-electron chi connectivity index (χ2n) is 17.3. The van der Waals surface area contributed by atoms with E-state index in [1.807, 2.05) is 0 Å². The van der Waals surface area contributed by atoms with E-state index in [1.54, 1.807) is 0 Å². The van der Waals surface area contributed by atoms with Gasteiger partial charge in [-0.3, -0.25) is 0 Å². The second kappa shape index (κ2) is 14.6. The molecule has 0 unspecified atom stereocenters. The fourth-order valence-electron chi connectivity index (χ4n) is 10.5. The largest absolute Gasteiger partial charge is 0.310 e. The van der Waals surface area contributed by atoms with Crippen LogP contribution in [0, 0.1) is 0 Å². The highest BCUT2D eigenvalue weighted by molar-refractivity contribution is 6.19. The molecule has 1 aliphatic carbocycles. The molecule has 0 amide bonds. The molecule has 0 saturated carbocycles. The van der Waals surface area contributed by atoms with E-state index in [2.05, 4.69) is 254 Å². The number of nitrogens with zero attached hydrogens (tertiary/aromatic N) is 2. The van der Waals surface area contributed by atoms with Crippen molar-refractivity contribution in [1.82, 2.24) is 0 Å². The zero-order valence-corrected chi connectivity index (χ0v) is 35.3. The molecule has 11 aromatic rings. The summed E-state index contributed by atoms with van der Waals surface area (Å²) in [6, 6.07) is 84.5. The minimum Gasteiger partial charge on any atom is -0.310 e. The maximum absolute atomic E-state index is 2.45. The minimum absolute atomic E-state index is 0.248. The Morgan fingerprint density at radius 2 is 0.857 bits per heavy atom. The third kappa shape index (κ3) is 5.94. The van der Waals surface area contributed by atoms with Gasteiger partial charge in [-0.2, -0.15) is 0 Å². The molecule has 63 heavy (non-hydrogen) atoms. The topological polar surface area (TPSA) is 6.48 Å². The van der Waals surface area contributed by atoms with Gasteiger partial charge < -0.3 is 9.80 Å². The number of hydrogen-bond acceptors (Lipinski definition) is 2. The monoisotopic (exact) mass is 804 g/mol. The summed E-state index contributed by atoms with van der Waals surface area (Å²) in [5, 5.41) is 10.1. The Morgan fingerprint density at radius 1 is 0.317 bits per heavy atom. The van der Waals surface area contributed by atoms with E-state index < -0.39 is 0 Å². The molecular formula is C61H44N2. The van der Waals surface area contributed by atoms with Gasteiger partial charge in [-0.25, -0.2) is 0 Å². The van der Waals surface area contributed by atoms with Crippen molar-refractivity contribution in [3.8, 4) is 22.3 Å². The van der Waals surface area contributed by atoms with Crippen LogP contribution in [0.2, 0.25) is 0 Å². The van der Waals surface area contributed by atoms with Crippen molar-refractivity contribution in [3.05, 3.63) is 242 Å². The fourth-order valence-corrected chi connectivity index (χ4v) is 10.5. The molecule has 0 spiro atoms. The molecule has 0 aromatic heterocycles. The van der Waals surface area contributed by atoms with Gasteiger partial charge in [-0.15, -0.1) is 0 Å². The van der Waals surface area contributed by atoms with Crippen molar-refractivity contribution in [1.29, 1.82) is 0 Å². The highest BCUT2D eigenvalue weighted by atomic mass is 15.1. The first-order chi connectivity index (χ1) is 31.0. The van der Waals surface area contributed by atoms with E-state index in [0.717, 1.165) is 34.1 Å². The fraction of sp³-hybridized carbons (Fsp3) is 0.0492. The van der Waals surface area contributed by atoms with Crippen LogP contribution in [-0.4, -0.2) is 0 Å². The van der Waals surface area contributed by atoms with Crippen LogP contribution >= 0.6 is 0 Å². The Bertz CT molecular complexity index is 3500. The zero-order chi connectivity index (χ0) is 42.1. The van der Waals surface area contributed by atoms with Crippen LogP contribution in [0.5, 0.6) is 0 Å². The van der Waals surface area contributed by atoms with E-state index in [1.165, 1.54) is 76.5 Å². The summed E-state index contributed by atoms with van der Waals surface area (Å²) in [6.07, 6.45) is 0. The molecule has 0 N–H and O–H groups in total. The van der Waals surface area contributed by atoms with E-state index in [-0.39, 0.29) is 5.41 Å². The molecule has 1 aliphatic rings. The average molecular weight is 805 g/mol. The maximum Gasteiger partial charge on any atom is 0.0540 e. The molecule has 12 rings (SSSR count). The van der Waals surface area contributed by atoms with Crippen LogP contribution < -0.4 is 9.80 Å². The van der Waals surface area contributed by atoms with Crippen molar-refractivity contribution in [2.24, 2.45) is 0 Å². The van der Waals surface area contributed by atoms with Gasteiger partial charge in [0.15, 0.2) is 0 Å². The van der Waals surface area contributed by atoms with Crippen LogP contribution in [0.4, 0.5) is 34.1 Å². The van der Waals surface area contributed by atoms with Gasteiger partial charge in [-0.1, -0.05) is 172 Å². The lowest BCUT2D eigenvalue weighted by Gasteiger charge is -2.28. The molecular weight excluding hydrogens is 761 g/mol. The summed E-state index contributed by atoms with van der Waals surface area (Å²) in [4.78, 5) is 4.78. The summed E-state index contributed by atoms with van der Waals surface area (Å²) >= 11 is 0. The summed E-state index contributed by atoms with van der Waals surface area (Å²) in [7, 11) is 0. The standard InChI is InChI=1S/C61H44N2/c1-61(2)57-40-48(62(44-20-6-3-7-21-44)45-22-8-4-9-23-45)33-35-55(57)59-53-29-17-15-27-51(53)56-39-43(31-34-54(56)60(59)61)49-36-37-58(52-28-16-14-26-50(49)52)63(46-24-10-5-11-25-46)47-32-30-41-18-12-13-19-42(41)38-47/h3-40H,1-2H3. The molecule has 0 fully saturated rings. The van der Waals surface area contributed by atoms with Crippen LogP contribution in [0.15, 0.2) is 231 Å². The number of fused-ring (bicyclic) bond motifs is 10. The van der Waals surface area contributed by atoms with Gasteiger partial charge in [-0.05, 0) is 144 Å².